The summed E-state index contributed by atoms with van der Waals surface area (Å²) >= 11 is 0. The second-order valence-electron chi connectivity index (χ2n) is 5.30. The average Bonchev–Trinajstić information content (AvgIpc) is 3.05. The molecule has 1 unspecified atom stereocenters. The molecule has 2 amide bonds. The summed E-state index contributed by atoms with van der Waals surface area (Å²) in [4.78, 5) is 11.6. The molecule has 2 fully saturated rings. The van der Waals surface area contributed by atoms with Crippen LogP contribution >= 0.6 is 0 Å². The smallest absolute Gasteiger partial charge is 0.333 e. The van der Waals surface area contributed by atoms with Crippen molar-refractivity contribution in [3.63, 3.8) is 0 Å². The SMILES string of the molecule is O=C(NNc1cccc(F)c1F)NC1CC12CCC2. The van der Waals surface area contributed by atoms with Crippen LogP contribution in [0.25, 0.3) is 0 Å². The van der Waals surface area contributed by atoms with Crippen LogP contribution in [0.4, 0.5) is 19.3 Å². The molecule has 0 heterocycles. The van der Waals surface area contributed by atoms with Gasteiger partial charge in [0.05, 0.1) is 5.69 Å². The second kappa shape index (κ2) is 4.36. The molecular weight excluding hydrogens is 252 g/mol. The Hall–Kier alpha value is -1.85. The van der Waals surface area contributed by atoms with Gasteiger partial charge in [-0.1, -0.05) is 12.5 Å². The van der Waals surface area contributed by atoms with Crippen molar-refractivity contribution in [3.8, 4) is 0 Å². The maximum Gasteiger partial charge on any atom is 0.333 e. The minimum absolute atomic E-state index is 0.0932. The fraction of sp³-hybridized carbons (Fsp3) is 0.462. The highest BCUT2D eigenvalue weighted by Gasteiger charge is 2.58. The van der Waals surface area contributed by atoms with Crippen molar-refractivity contribution in [2.24, 2.45) is 5.41 Å². The number of halogens is 2. The van der Waals surface area contributed by atoms with Crippen molar-refractivity contribution in [1.82, 2.24) is 10.7 Å². The lowest BCUT2D eigenvalue weighted by atomic mass is 9.81. The summed E-state index contributed by atoms with van der Waals surface area (Å²) in [6.45, 7) is 0. The van der Waals surface area contributed by atoms with Gasteiger partial charge in [0.1, 0.15) is 0 Å². The summed E-state index contributed by atoms with van der Waals surface area (Å²) in [6.07, 6.45) is 4.59. The van der Waals surface area contributed by atoms with Crippen LogP contribution in [-0.4, -0.2) is 12.1 Å². The van der Waals surface area contributed by atoms with Gasteiger partial charge in [0.25, 0.3) is 0 Å². The third-order valence-corrected chi connectivity index (χ3v) is 4.11. The third kappa shape index (κ3) is 2.22. The number of hydrazine groups is 1. The molecule has 0 aromatic heterocycles. The first-order chi connectivity index (χ1) is 9.11. The number of carbonyl (C=O) groups excluding carboxylic acids is 1. The molecule has 6 heteroatoms. The third-order valence-electron chi connectivity index (χ3n) is 4.11. The number of amides is 2. The Morgan fingerprint density at radius 1 is 1.32 bits per heavy atom. The van der Waals surface area contributed by atoms with E-state index in [1.165, 1.54) is 31.4 Å². The van der Waals surface area contributed by atoms with Crippen molar-refractivity contribution >= 4 is 11.7 Å². The molecule has 19 heavy (non-hydrogen) atoms. The zero-order valence-electron chi connectivity index (χ0n) is 10.3. The van der Waals surface area contributed by atoms with Gasteiger partial charge in [0, 0.05) is 6.04 Å². The Kier molecular flexibility index (Phi) is 2.80. The van der Waals surface area contributed by atoms with E-state index in [0.29, 0.717) is 5.41 Å². The first-order valence-electron chi connectivity index (χ1n) is 6.37. The van der Waals surface area contributed by atoms with Crippen LogP contribution in [0.15, 0.2) is 18.2 Å². The molecule has 0 saturated heterocycles. The Balaban J connectivity index is 1.49. The highest BCUT2D eigenvalue weighted by molar-refractivity contribution is 5.76. The van der Waals surface area contributed by atoms with Gasteiger partial charge < -0.3 is 5.32 Å². The van der Waals surface area contributed by atoms with E-state index in [1.807, 2.05) is 0 Å². The molecule has 0 radical (unpaired) electrons. The van der Waals surface area contributed by atoms with Crippen molar-refractivity contribution < 1.29 is 13.6 Å². The number of anilines is 1. The Bertz CT molecular complexity index is 517. The van der Waals surface area contributed by atoms with Crippen LogP contribution in [0.3, 0.4) is 0 Å². The number of rotatable bonds is 3. The Morgan fingerprint density at radius 3 is 2.74 bits per heavy atom. The predicted molar refractivity (Wildman–Crippen MR) is 66.3 cm³/mol. The van der Waals surface area contributed by atoms with E-state index >= 15 is 0 Å². The van der Waals surface area contributed by atoms with Crippen molar-refractivity contribution in [2.45, 2.75) is 31.7 Å². The summed E-state index contributed by atoms with van der Waals surface area (Å²) in [5.74, 6) is -1.97. The summed E-state index contributed by atoms with van der Waals surface area (Å²) in [7, 11) is 0. The standard InChI is InChI=1S/C13H15F2N3O/c14-8-3-1-4-9(11(8)15)17-18-12(19)16-10-7-13(10)5-2-6-13/h1,3-4,10,17H,2,5-7H2,(H2,16,18,19). The molecule has 2 saturated carbocycles. The fourth-order valence-electron chi connectivity index (χ4n) is 2.65. The average molecular weight is 267 g/mol. The van der Waals surface area contributed by atoms with Gasteiger partial charge in [0.2, 0.25) is 0 Å². The van der Waals surface area contributed by atoms with E-state index in [-0.39, 0.29) is 11.7 Å². The minimum Gasteiger partial charge on any atom is -0.333 e. The number of hydrogen-bond acceptors (Lipinski definition) is 2. The van der Waals surface area contributed by atoms with Crippen LogP contribution in [-0.2, 0) is 0 Å². The number of carbonyl (C=O) groups is 1. The van der Waals surface area contributed by atoms with Gasteiger partial charge in [-0.05, 0) is 36.8 Å². The lowest BCUT2D eigenvalue weighted by Gasteiger charge is -2.26. The van der Waals surface area contributed by atoms with E-state index in [2.05, 4.69) is 16.2 Å². The maximum atomic E-state index is 13.3. The van der Waals surface area contributed by atoms with E-state index in [0.717, 1.165) is 12.5 Å². The Morgan fingerprint density at radius 2 is 2.11 bits per heavy atom. The summed E-state index contributed by atoms with van der Waals surface area (Å²) < 4.78 is 26.2. The lowest BCUT2D eigenvalue weighted by Crippen LogP contribution is -2.42. The van der Waals surface area contributed by atoms with E-state index in [4.69, 9.17) is 0 Å². The largest absolute Gasteiger partial charge is 0.333 e. The molecule has 4 nitrogen and oxygen atoms in total. The number of benzene rings is 1. The fourth-order valence-corrected chi connectivity index (χ4v) is 2.65. The molecule has 1 spiro atoms. The normalized spacial score (nSPS) is 22.5. The van der Waals surface area contributed by atoms with Gasteiger partial charge >= 0.3 is 6.03 Å². The predicted octanol–water partition coefficient (Wildman–Crippen LogP) is 2.53. The van der Waals surface area contributed by atoms with Crippen LogP contribution < -0.4 is 16.2 Å². The van der Waals surface area contributed by atoms with Crippen LogP contribution in [0.5, 0.6) is 0 Å². The molecule has 102 valence electrons. The van der Waals surface area contributed by atoms with Gasteiger partial charge in [0.15, 0.2) is 11.6 Å². The quantitative estimate of drug-likeness (QED) is 0.737. The van der Waals surface area contributed by atoms with Gasteiger partial charge in [-0.15, -0.1) is 0 Å². The number of nitrogens with one attached hydrogen (secondary N) is 3. The first-order valence-corrected chi connectivity index (χ1v) is 6.37. The topological polar surface area (TPSA) is 53.2 Å². The van der Waals surface area contributed by atoms with E-state index in [9.17, 15) is 13.6 Å². The van der Waals surface area contributed by atoms with Crippen LogP contribution in [0.1, 0.15) is 25.7 Å². The zero-order chi connectivity index (χ0) is 13.5. The first kappa shape index (κ1) is 12.2. The van der Waals surface area contributed by atoms with E-state index in [1.54, 1.807) is 0 Å². The molecule has 3 rings (SSSR count). The summed E-state index contributed by atoms with van der Waals surface area (Å²) in [5, 5.41) is 2.82. The van der Waals surface area contributed by atoms with Crippen LogP contribution in [0.2, 0.25) is 0 Å². The van der Waals surface area contributed by atoms with Crippen molar-refractivity contribution in [2.75, 3.05) is 5.43 Å². The molecule has 0 aliphatic heterocycles. The highest BCUT2D eigenvalue weighted by Crippen LogP contribution is 2.60. The Labute approximate surface area is 109 Å². The van der Waals surface area contributed by atoms with Gasteiger partial charge in [-0.25, -0.2) is 13.6 Å². The minimum atomic E-state index is -1.01. The molecule has 2 aliphatic rings. The lowest BCUT2D eigenvalue weighted by molar-refractivity contribution is 0.231. The molecule has 1 atom stereocenters. The molecular formula is C13H15F2N3O. The molecule has 0 bridgehead atoms. The number of urea groups is 1. The molecule has 1 aromatic rings. The van der Waals surface area contributed by atoms with E-state index < -0.39 is 17.7 Å². The zero-order valence-corrected chi connectivity index (χ0v) is 10.3. The summed E-state index contributed by atoms with van der Waals surface area (Å²) in [5.41, 5.74) is 4.93. The molecule has 3 N–H and O–H groups in total. The van der Waals surface area contributed by atoms with Crippen LogP contribution in [0, 0.1) is 17.0 Å². The monoisotopic (exact) mass is 267 g/mol. The summed E-state index contributed by atoms with van der Waals surface area (Å²) in [6, 6.07) is 3.54. The highest BCUT2D eigenvalue weighted by atomic mass is 19.2. The van der Waals surface area contributed by atoms with Crippen molar-refractivity contribution in [3.05, 3.63) is 29.8 Å². The molecule has 1 aromatic carbocycles. The molecule has 2 aliphatic carbocycles. The maximum absolute atomic E-state index is 13.3. The van der Waals surface area contributed by atoms with Gasteiger partial charge in [-0.3, -0.25) is 10.9 Å². The second-order valence-corrected chi connectivity index (χ2v) is 5.30. The van der Waals surface area contributed by atoms with Crippen molar-refractivity contribution in [1.29, 1.82) is 0 Å². The number of hydrogen-bond donors (Lipinski definition) is 3. The van der Waals surface area contributed by atoms with Gasteiger partial charge in [-0.2, -0.15) is 0 Å².